The van der Waals surface area contributed by atoms with E-state index in [1.165, 1.54) is 4.68 Å². The Labute approximate surface area is 191 Å². The number of rotatable bonds is 6. The highest BCUT2D eigenvalue weighted by atomic mass is 35.5. The number of amides is 2. The molecule has 0 saturated heterocycles. The molecule has 0 unspecified atom stereocenters. The fourth-order valence-electron chi connectivity index (χ4n) is 3.51. The minimum absolute atomic E-state index is 0.183. The Hall–Kier alpha value is -2.83. The molecule has 0 radical (unpaired) electrons. The molecule has 1 heterocycles. The molecule has 0 saturated carbocycles. The van der Waals surface area contributed by atoms with Crippen molar-refractivity contribution in [2.24, 2.45) is 0 Å². The van der Waals surface area contributed by atoms with E-state index in [1.807, 2.05) is 51.1 Å². The predicted octanol–water partition coefficient (Wildman–Crippen LogP) is 4.84. The van der Waals surface area contributed by atoms with Crippen molar-refractivity contribution in [2.75, 3.05) is 11.9 Å². The van der Waals surface area contributed by atoms with Gasteiger partial charge in [0.2, 0.25) is 5.91 Å². The lowest BCUT2D eigenvalue weighted by molar-refractivity contribution is -0.115. The molecule has 0 aliphatic rings. The van der Waals surface area contributed by atoms with Gasteiger partial charge in [-0.05, 0) is 50.5 Å². The molecule has 2 amide bonds. The first-order chi connectivity index (χ1) is 14.7. The Kier molecular flexibility index (Phi) is 7.03. The number of hydrogen-bond donors (Lipinski definition) is 2. The minimum atomic E-state index is -0.458. The molecule has 0 aliphatic heterocycles. The first-order valence-corrected chi connectivity index (χ1v) is 10.5. The van der Waals surface area contributed by atoms with Crippen LogP contribution >= 0.6 is 23.2 Å². The number of nitrogens with one attached hydrogen (secondary N) is 2. The fourth-order valence-corrected chi connectivity index (χ4v) is 4.03. The molecule has 0 aliphatic carbocycles. The van der Waals surface area contributed by atoms with Crippen LogP contribution in [0.5, 0.6) is 0 Å². The Morgan fingerprint density at radius 2 is 1.68 bits per heavy atom. The zero-order valence-electron chi connectivity index (χ0n) is 17.8. The fraction of sp³-hybridized carbons (Fsp3) is 0.261. The SMILES string of the molecule is Cc1cc(C)c(NC(=O)CNC(=O)c2c(C)nn(Cc3ccccc3Cl)c2Cl)c(C)c1. The van der Waals surface area contributed by atoms with Crippen LogP contribution in [0.15, 0.2) is 36.4 Å². The smallest absolute Gasteiger partial charge is 0.256 e. The second-order valence-electron chi connectivity index (χ2n) is 7.50. The third kappa shape index (κ3) is 5.27. The predicted molar refractivity (Wildman–Crippen MR) is 124 cm³/mol. The van der Waals surface area contributed by atoms with Crippen LogP contribution < -0.4 is 10.6 Å². The lowest BCUT2D eigenvalue weighted by Crippen LogP contribution is -2.33. The highest BCUT2D eigenvalue weighted by Crippen LogP contribution is 2.24. The molecule has 6 nitrogen and oxygen atoms in total. The van der Waals surface area contributed by atoms with Crippen molar-refractivity contribution in [1.82, 2.24) is 15.1 Å². The number of benzene rings is 2. The highest BCUT2D eigenvalue weighted by molar-refractivity contribution is 6.33. The third-order valence-corrected chi connectivity index (χ3v) is 5.67. The van der Waals surface area contributed by atoms with Crippen LogP contribution in [0.4, 0.5) is 5.69 Å². The van der Waals surface area contributed by atoms with Crippen molar-refractivity contribution < 1.29 is 9.59 Å². The van der Waals surface area contributed by atoms with Crippen LogP contribution in [0.2, 0.25) is 10.2 Å². The zero-order chi connectivity index (χ0) is 22.7. The molecule has 0 bridgehead atoms. The molecule has 0 spiro atoms. The van der Waals surface area contributed by atoms with E-state index in [0.717, 1.165) is 27.9 Å². The molecular formula is C23H24Cl2N4O2. The van der Waals surface area contributed by atoms with Gasteiger partial charge in [0.25, 0.3) is 5.91 Å². The van der Waals surface area contributed by atoms with Gasteiger partial charge in [0.05, 0.1) is 24.3 Å². The van der Waals surface area contributed by atoms with Gasteiger partial charge in [-0.1, -0.05) is 59.1 Å². The quantitative estimate of drug-likeness (QED) is 0.554. The average Bonchev–Trinajstić information content (AvgIpc) is 2.97. The molecule has 3 rings (SSSR count). The van der Waals surface area contributed by atoms with E-state index in [1.54, 1.807) is 13.0 Å². The summed E-state index contributed by atoms with van der Waals surface area (Å²) in [5.41, 5.74) is 5.37. The second-order valence-corrected chi connectivity index (χ2v) is 8.27. The number of carbonyl (C=O) groups excluding carboxylic acids is 2. The average molecular weight is 459 g/mol. The summed E-state index contributed by atoms with van der Waals surface area (Å²) in [5.74, 6) is -0.777. The molecule has 162 valence electrons. The van der Waals surface area contributed by atoms with Crippen molar-refractivity contribution in [3.05, 3.63) is 80.1 Å². The maximum Gasteiger partial charge on any atom is 0.256 e. The summed E-state index contributed by atoms with van der Waals surface area (Å²) in [6.45, 7) is 7.72. The molecule has 0 atom stereocenters. The number of aromatic nitrogens is 2. The number of hydrogen-bond acceptors (Lipinski definition) is 3. The third-order valence-electron chi connectivity index (χ3n) is 4.92. The number of carbonyl (C=O) groups is 2. The van der Waals surface area contributed by atoms with Gasteiger partial charge in [-0.2, -0.15) is 5.10 Å². The summed E-state index contributed by atoms with van der Waals surface area (Å²) in [6, 6.07) is 11.4. The monoisotopic (exact) mass is 458 g/mol. The van der Waals surface area contributed by atoms with Crippen molar-refractivity contribution in [1.29, 1.82) is 0 Å². The van der Waals surface area contributed by atoms with Gasteiger partial charge in [0.1, 0.15) is 5.15 Å². The molecule has 31 heavy (non-hydrogen) atoms. The molecular weight excluding hydrogens is 435 g/mol. The summed E-state index contributed by atoms with van der Waals surface area (Å²) in [5, 5.41) is 10.6. The molecule has 2 N–H and O–H groups in total. The number of halogens is 2. The van der Waals surface area contributed by atoms with Gasteiger partial charge >= 0.3 is 0 Å². The summed E-state index contributed by atoms with van der Waals surface area (Å²) >= 11 is 12.6. The maximum absolute atomic E-state index is 12.7. The van der Waals surface area contributed by atoms with Crippen molar-refractivity contribution in [2.45, 2.75) is 34.2 Å². The summed E-state index contributed by atoms with van der Waals surface area (Å²) < 4.78 is 1.52. The molecule has 1 aromatic heterocycles. The lowest BCUT2D eigenvalue weighted by atomic mass is 10.1. The highest BCUT2D eigenvalue weighted by Gasteiger charge is 2.21. The van der Waals surface area contributed by atoms with E-state index in [-0.39, 0.29) is 23.2 Å². The first kappa shape index (κ1) is 22.8. The van der Waals surface area contributed by atoms with E-state index < -0.39 is 5.91 Å². The van der Waals surface area contributed by atoms with Crippen LogP contribution in [0.1, 0.15) is 38.3 Å². The van der Waals surface area contributed by atoms with Crippen LogP contribution in [-0.4, -0.2) is 28.1 Å². The first-order valence-electron chi connectivity index (χ1n) is 9.79. The minimum Gasteiger partial charge on any atom is -0.343 e. The van der Waals surface area contributed by atoms with Crippen molar-refractivity contribution in [3.8, 4) is 0 Å². The maximum atomic E-state index is 12.7. The van der Waals surface area contributed by atoms with Crippen LogP contribution in [-0.2, 0) is 11.3 Å². The van der Waals surface area contributed by atoms with Gasteiger partial charge < -0.3 is 10.6 Å². The summed E-state index contributed by atoms with van der Waals surface area (Å²) in [4.78, 5) is 25.1. The van der Waals surface area contributed by atoms with Crippen LogP contribution in [0.25, 0.3) is 0 Å². The van der Waals surface area contributed by atoms with E-state index in [4.69, 9.17) is 23.2 Å². The Balaban J connectivity index is 1.68. The molecule has 0 fully saturated rings. The van der Waals surface area contributed by atoms with E-state index >= 15 is 0 Å². The zero-order valence-corrected chi connectivity index (χ0v) is 19.4. The molecule has 3 aromatic rings. The Bertz CT molecular complexity index is 1130. The number of aryl methyl sites for hydroxylation is 4. The van der Waals surface area contributed by atoms with Gasteiger partial charge in [-0.15, -0.1) is 0 Å². The Morgan fingerprint density at radius 1 is 1.03 bits per heavy atom. The largest absolute Gasteiger partial charge is 0.343 e. The van der Waals surface area contributed by atoms with E-state index in [0.29, 0.717) is 17.3 Å². The molecule has 2 aromatic carbocycles. The van der Waals surface area contributed by atoms with Gasteiger partial charge in [0.15, 0.2) is 0 Å². The number of anilines is 1. The van der Waals surface area contributed by atoms with Crippen LogP contribution in [0, 0.1) is 27.7 Å². The van der Waals surface area contributed by atoms with Crippen molar-refractivity contribution in [3.63, 3.8) is 0 Å². The van der Waals surface area contributed by atoms with E-state index in [2.05, 4.69) is 15.7 Å². The van der Waals surface area contributed by atoms with Crippen LogP contribution in [0.3, 0.4) is 0 Å². The Morgan fingerprint density at radius 3 is 2.32 bits per heavy atom. The topological polar surface area (TPSA) is 76.0 Å². The van der Waals surface area contributed by atoms with E-state index in [9.17, 15) is 9.59 Å². The van der Waals surface area contributed by atoms with Crippen molar-refractivity contribution >= 4 is 40.7 Å². The summed E-state index contributed by atoms with van der Waals surface area (Å²) in [6.07, 6.45) is 0. The standard InChI is InChI=1S/C23H24Cl2N4O2/c1-13-9-14(2)21(15(3)10-13)27-19(30)11-26-23(31)20-16(4)28-29(22(20)25)12-17-7-5-6-8-18(17)24/h5-10H,11-12H2,1-4H3,(H,26,31)(H,27,30). The summed E-state index contributed by atoms with van der Waals surface area (Å²) in [7, 11) is 0. The number of nitrogens with zero attached hydrogens (tertiary/aromatic N) is 2. The normalized spacial score (nSPS) is 10.8. The lowest BCUT2D eigenvalue weighted by Gasteiger charge is -2.13. The molecule has 8 heteroatoms. The second kappa shape index (κ2) is 9.54. The van der Waals surface area contributed by atoms with Gasteiger partial charge in [-0.3, -0.25) is 9.59 Å². The van der Waals surface area contributed by atoms with Gasteiger partial charge in [-0.25, -0.2) is 4.68 Å². The van der Waals surface area contributed by atoms with Gasteiger partial charge in [0, 0.05) is 10.7 Å².